The predicted molar refractivity (Wildman–Crippen MR) is 93.6 cm³/mol. The lowest BCUT2D eigenvalue weighted by Gasteiger charge is -2.19. The lowest BCUT2D eigenvalue weighted by Crippen LogP contribution is -2.42. The topological polar surface area (TPSA) is 73.2 Å². The fourth-order valence-corrected chi connectivity index (χ4v) is 3.35. The summed E-state index contributed by atoms with van der Waals surface area (Å²) in [5.74, 6) is -0.624. The van der Waals surface area contributed by atoms with Crippen LogP contribution < -0.4 is 5.32 Å². The maximum absolute atomic E-state index is 12.7. The Morgan fingerprint density at radius 1 is 1.36 bits per heavy atom. The van der Waals surface area contributed by atoms with Gasteiger partial charge in [0.15, 0.2) is 0 Å². The average Bonchev–Trinajstić information content (AvgIpc) is 3.13. The lowest BCUT2D eigenvalue weighted by atomic mass is 10.0. The van der Waals surface area contributed by atoms with E-state index in [4.69, 9.17) is 5.26 Å². The van der Waals surface area contributed by atoms with Gasteiger partial charge in [0.25, 0.3) is 5.91 Å². The molecular formula is C18H16FN3O2S. The normalized spacial score (nSPS) is 16.6. The number of nitriles is 1. The quantitative estimate of drug-likeness (QED) is 0.913. The first-order valence-electron chi connectivity index (χ1n) is 7.92. The van der Waals surface area contributed by atoms with E-state index in [1.54, 1.807) is 36.4 Å². The predicted octanol–water partition coefficient (Wildman–Crippen LogP) is 3.06. The highest BCUT2D eigenvalue weighted by Crippen LogP contribution is 2.26. The Balaban J connectivity index is 1.72. The van der Waals surface area contributed by atoms with Crippen LogP contribution in [0.25, 0.3) is 10.8 Å². The molecule has 1 saturated heterocycles. The van der Waals surface area contributed by atoms with Crippen LogP contribution in [-0.4, -0.2) is 35.8 Å². The molecule has 2 aromatic rings. The van der Waals surface area contributed by atoms with Gasteiger partial charge in [0.05, 0.1) is 24.8 Å². The maximum Gasteiger partial charge on any atom is 0.252 e. The largest absolute Gasteiger partial charge is 0.343 e. The van der Waals surface area contributed by atoms with Gasteiger partial charge >= 0.3 is 0 Å². The number of fused-ring (bicyclic) bond motifs is 1. The molecule has 0 aliphatic carbocycles. The molecular weight excluding hydrogens is 341 g/mol. The van der Waals surface area contributed by atoms with Gasteiger partial charge in [-0.05, 0) is 41.8 Å². The smallest absolute Gasteiger partial charge is 0.252 e. The second-order valence-electron chi connectivity index (χ2n) is 5.82. The van der Waals surface area contributed by atoms with Crippen LogP contribution >= 0.6 is 12.1 Å². The lowest BCUT2D eigenvalue weighted by molar-refractivity contribution is -0.130. The first kappa shape index (κ1) is 17.2. The Labute approximate surface area is 149 Å². The minimum Gasteiger partial charge on any atom is -0.343 e. The van der Waals surface area contributed by atoms with Crippen molar-refractivity contribution in [2.24, 2.45) is 0 Å². The summed E-state index contributed by atoms with van der Waals surface area (Å²) >= 11 is 0.151. The Morgan fingerprint density at radius 2 is 2.20 bits per heavy atom. The molecule has 0 unspecified atom stereocenters. The molecule has 1 N–H and O–H groups in total. The Morgan fingerprint density at radius 3 is 2.96 bits per heavy atom. The molecule has 1 fully saturated rings. The first-order valence-corrected chi connectivity index (χ1v) is 8.64. The molecule has 0 spiro atoms. The van der Waals surface area contributed by atoms with Gasteiger partial charge in [-0.2, -0.15) is 9.15 Å². The maximum atomic E-state index is 12.7. The van der Waals surface area contributed by atoms with E-state index in [1.807, 2.05) is 0 Å². The molecule has 0 radical (unpaired) electrons. The van der Waals surface area contributed by atoms with Crippen LogP contribution in [0.2, 0.25) is 0 Å². The number of hydrogen-bond donors (Lipinski definition) is 1. The van der Waals surface area contributed by atoms with E-state index >= 15 is 0 Å². The fourth-order valence-electron chi connectivity index (χ4n) is 3.06. The minimum absolute atomic E-state index is 0.147. The van der Waals surface area contributed by atoms with Crippen molar-refractivity contribution in [1.29, 1.82) is 5.26 Å². The summed E-state index contributed by atoms with van der Waals surface area (Å²) in [6.07, 6.45) is 1.48. The third kappa shape index (κ3) is 3.59. The number of nitrogens with one attached hydrogen (secondary N) is 1. The zero-order chi connectivity index (χ0) is 17.8. The molecule has 2 aromatic carbocycles. The average molecular weight is 357 g/mol. The van der Waals surface area contributed by atoms with Crippen molar-refractivity contribution < 1.29 is 13.5 Å². The number of carbonyl (C=O) groups is 2. The molecule has 5 nitrogen and oxygen atoms in total. The molecule has 7 heteroatoms. The van der Waals surface area contributed by atoms with Crippen LogP contribution in [0.5, 0.6) is 0 Å². The van der Waals surface area contributed by atoms with E-state index in [0.717, 1.165) is 11.8 Å². The Kier molecular flexibility index (Phi) is 5.19. The van der Waals surface area contributed by atoms with E-state index in [1.165, 1.54) is 4.90 Å². The number of benzene rings is 2. The van der Waals surface area contributed by atoms with E-state index in [9.17, 15) is 13.5 Å². The molecule has 1 aliphatic heterocycles. The van der Waals surface area contributed by atoms with Crippen molar-refractivity contribution in [2.75, 3.05) is 13.1 Å². The van der Waals surface area contributed by atoms with E-state index in [0.29, 0.717) is 28.8 Å². The molecule has 3 rings (SSSR count). The summed E-state index contributed by atoms with van der Waals surface area (Å²) in [6.45, 7) is 0.399. The number of amides is 2. The van der Waals surface area contributed by atoms with Gasteiger partial charge in [-0.3, -0.25) is 9.59 Å². The summed E-state index contributed by atoms with van der Waals surface area (Å²) in [6, 6.07) is 11.9. The van der Waals surface area contributed by atoms with Crippen molar-refractivity contribution in [2.45, 2.75) is 23.8 Å². The number of carbonyl (C=O) groups excluding carboxylic acids is 2. The molecule has 1 atom stereocenters. The van der Waals surface area contributed by atoms with Crippen LogP contribution in [0.3, 0.4) is 0 Å². The first-order chi connectivity index (χ1) is 12.1. The van der Waals surface area contributed by atoms with Crippen molar-refractivity contribution in [3.63, 3.8) is 0 Å². The van der Waals surface area contributed by atoms with Gasteiger partial charge in [-0.1, -0.05) is 18.2 Å². The molecule has 1 aliphatic rings. The van der Waals surface area contributed by atoms with Crippen LogP contribution in [-0.2, 0) is 4.79 Å². The molecule has 1 heterocycles. The number of hydrogen-bond acceptors (Lipinski definition) is 4. The van der Waals surface area contributed by atoms with Crippen LogP contribution in [0.4, 0.5) is 3.89 Å². The highest BCUT2D eigenvalue weighted by atomic mass is 32.2. The van der Waals surface area contributed by atoms with Gasteiger partial charge < -0.3 is 10.2 Å². The summed E-state index contributed by atoms with van der Waals surface area (Å²) in [5.41, 5.74) is 0.430. The highest BCUT2D eigenvalue weighted by molar-refractivity contribution is 7.94. The molecule has 0 bridgehead atoms. The summed E-state index contributed by atoms with van der Waals surface area (Å²) in [5, 5.41) is 13.1. The van der Waals surface area contributed by atoms with E-state index in [2.05, 4.69) is 11.4 Å². The zero-order valence-electron chi connectivity index (χ0n) is 13.4. The number of halogens is 1. The van der Waals surface area contributed by atoms with E-state index < -0.39 is 6.04 Å². The van der Waals surface area contributed by atoms with Crippen molar-refractivity contribution >= 4 is 34.7 Å². The van der Waals surface area contributed by atoms with Gasteiger partial charge in [0.2, 0.25) is 5.91 Å². The summed E-state index contributed by atoms with van der Waals surface area (Å²) in [4.78, 5) is 26.6. The molecule has 2 amide bonds. The molecule has 0 aromatic heterocycles. The van der Waals surface area contributed by atoms with Crippen molar-refractivity contribution in [3.05, 3.63) is 42.0 Å². The number of rotatable bonds is 4. The van der Waals surface area contributed by atoms with Gasteiger partial charge in [0, 0.05) is 17.0 Å². The monoisotopic (exact) mass is 357 g/mol. The Hall–Kier alpha value is -2.59. The van der Waals surface area contributed by atoms with Gasteiger partial charge in [-0.25, -0.2) is 0 Å². The molecule has 128 valence electrons. The highest BCUT2D eigenvalue weighted by Gasteiger charge is 2.28. The van der Waals surface area contributed by atoms with E-state index in [-0.39, 0.29) is 30.5 Å². The van der Waals surface area contributed by atoms with Crippen LogP contribution in [0.15, 0.2) is 41.3 Å². The second kappa shape index (κ2) is 7.53. The summed E-state index contributed by atoms with van der Waals surface area (Å²) in [7, 11) is 0. The third-order valence-corrected chi connectivity index (χ3v) is 4.74. The van der Waals surface area contributed by atoms with Gasteiger partial charge in [0.1, 0.15) is 6.04 Å². The molecule has 25 heavy (non-hydrogen) atoms. The standard InChI is InChI=1S/C18H16FN3O2S/c19-25-14-6-7-15-12(9-14)3-1-5-16(15)18(24)21-11-17(23)22-8-2-4-13(22)10-20/h1,3,5-7,9,13H,2,4,8,11H2,(H,21,24)/t13-/m0/s1. The van der Waals surface area contributed by atoms with Gasteiger partial charge in [-0.15, -0.1) is 0 Å². The van der Waals surface area contributed by atoms with Crippen LogP contribution in [0, 0.1) is 11.3 Å². The Bertz CT molecular complexity index is 865. The summed E-state index contributed by atoms with van der Waals surface area (Å²) < 4.78 is 12.7. The number of likely N-dealkylation sites (tertiary alicyclic amines) is 1. The number of nitrogens with zero attached hydrogens (tertiary/aromatic N) is 2. The molecule has 0 saturated carbocycles. The second-order valence-corrected chi connectivity index (χ2v) is 6.45. The van der Waals surface area contributed by atoms with Crippen molar-refractivity contribution in [1.82, 2.24) is 10.2 Å². The zero-order valence-corrected chi connectivity index (χ0v) is 14.2. The van der Waals surface area contributed by atoms with Crippen LogP contribution in [0.1, 0.15) is 23.2 Å². The van der Waals surface area contributed by atoms with Crippen molar-refractivity contribution in [3.8, 4) is 6.07 Å². The SMILES string of the molecule is N#C[C@@H]1CCCN1C(=O)CNC(=O)c1cccc2cc(SF)ccc12. The fraction of sp³-hybridized carbons (Fsp3) is 0.278. The third-order valence-electron chi connectivity index (χ3n) is 4.31. The minimum atomic E-state index is -0.404.